The summed E-state index contributed by atoms with van der Waals surface area (Å²) < 4.78 is 5.71. The number of aromatic nitrogens is 1. The highest BCUT2D eigenvalue weighted by molar-refractivity contribution is 7.19. The van der Waals surface area contributed by atoms with Crippen molar-refractivity contribution in [3.63, 3.8) is 0 Å². The molecule has 0 spiro atoms. The number of aryl methyl sites for hydroxylation is 1. The summed E-state index contributed by atoms with van der Waals surface area (Å²) in [7, 11) is 0. The van der Waals surface area contributed by atoms with Crippen LogP contribution in [0.4, 0.5) is 16.2 Å². The highest BCUT2D eigenvalue weighted by atomic mass is 32.1. The number of fused-ring (bicyclic) bond motifs is 4. The highest BCUT2D eigenvalue weighted by Gasteiger charge is 2.44. The van der Waals surface area contributed by atoms with E-state index in [0.29, 0.717) is 6.04 Å². The van der Waals surface area contributed by atoms with Crippen molar-refractivity contribution in [3.8, 4) is 0 Å². The highest BCUT2D eigenvalue weighted by Crippen LogP contribution is 2.36. The Morgan fingerprint density at radius 3 is 2.60 bits per heavy atom. The van der Waals surface area contributed by atoms with Gasteiger partial charge in [0.05, 0.1) is 23.5 Å². The van der Waals surface area contributed by atoms with Gasteiger partial charge in [0.15, 0.2) is 0 Å². The number of carbonyl (C=O) groups excluding carboxylic acids is 1. The minimum absolute atomic E-state index is 0.0888. The van der Waals surface area contributed by atoms with Crippen LogP contribution >= 0.6 is 11.3 Å². The summed E-state index contributed by atoms with van der Waals surface area (Å²) in [5.41, 5.74) is 17.9. The van der Waals surface area contributed by atoms with Crippen LogP contribution in [0.25, 0.3) is 10.2 Å². The number of nitrogen functional groups attached to an aromatic ring is 1. The van der Waals surface area contributed by atoms with Gasteiger partial charge in [-0.3, -0.25) is 4.90 Å². The molecule has 5 N–H and O–H groups in total. The van der Waals surface area contributed by atoms with Gasteiger partial charge in [0.1, 0.15) is 10.4 Å². The van der Waals surface area contributed by atoms with Crippen molar-refractivity contribution >= 4 is 39.0 Å². The van der Waals surface area contributed by atoms with Gasteiger partial charge >= 0.3 is 6.09 Å². The zero-order valence-electron chi connectivity index (χ0n) is 24.1. The molecule has 0 radical (unpaired) electrons. The van der Waals surface area contributed by atoms with Crippen molar-refractivity contribution < 1.29 is 9.53 Å². The van der Waals surface area contributed by atoms with Gasteiger partial charge < -0.3 is 26.4 Å². The number of benzene rings is 1. The first kappa shape index (κ1) is 27.3. The molecule has 3 aliphatic rings. The molecule has 2 bridgehead atoms. The molecule has 9 heteroatoms. The number of anilines is 2. The van der Waals surface area contributed by atoms with E-state index in [1.54, 1.807) is 11.3 Å². The molecule has 2 saturated heterocycles. The molecular weight excluding hydrogens is 520 g/mol. The van der Waals surface area contributed by atoms with Crippen LogP contribution in [0, 0.1) is 0 Å². The second-order valence-corrected chi connectivity index (χ2v) is 13.9. The Kier molecular flexibility index (Phi) is 7.17. The van der Waals surface area contributed by atoms with Crippen LogP contribution in [0.3, 0.4) is 0 Å². The Labute approximate surface area is 241 Å². The summed E-state index contributed by atoms with van der Waals surface area (Å²) in [6.45, 7) is 10.3. The number of thiophene rings is 1. The summed E-state index contributed by atoms with van der Waals surface area (Å²) >= 11 is 1.67. The number of piperazine rings is 1. The number of nitrogens with one attached hydrogen (secondary N) is 1. The van der Waals surface area contributed by atoms with Crippen molar-refractivity contribution in [1.29, 1.82) is 0 Å². The Bertz CT molecular complexity index is 1400. The summed E-state index contributed by atoms with van der Waals surface area (Å²) in [6.07, 6.45) is 5.12. The third kappa shape index (κ3) is 5.39. The topological polar surface area (TPSA) is 110 Å². The number of rotatable bonds is 5. The minimum atomic E-state index is -0.464. The number of hydrogen-bond acceptors (Lipinski definition) is 8. The van der Waals surface area contributed by atoms with Crippen LogP contribution in [0.5, 0.6) is 0 Å². The lowest BCUT2D eigenvalue weighted by Crippen LogP contribution is -2.56. The molecule has 1 aromatic carbocycles. The number of hydrogen-bond donors (Lipinski definition) is 3. The first-order valence-electron chi connectivity index (χ1n) is 14.6. The quantitative estimate of drug-likeness (QED) is 0.395. The van der Waals surface area contributed by atoms with Crippen LogP contribution in [0.2, 0.25) is 0 Å². The number of ether oxygens (including phenoxy) is 1. The molecule has 1 aliphatic carbocycles. The number of pyridine rings is 1. The molecule has 214 valence electrons. The fourth-order valence-corrected chi connectivity index (χ4v) is 7.57. The monoisotopic (exact) mass is 562 g/mol. The molecule has 0 saturated carbocycles. The summed E-state index contributed by atoms with van der Waals surface area (Å²) in [5, 5.41) is 4.79. The lowest BCUT2D eigenvalue weighted by atomic mass is 9.87. The fraction of sp³-hybridized carbons (Fsp3) is 0.548. The molecule has 8 nitrogen and oxygen atoms in total. The smallest absolute Gasteiger partial charge is 0.410 e. The van der Waals surface area contributed by atoms with Crippen molar-refractivity contribution in [2.24, 2.45) is 5.73 Å². The molecule has 2 fully saturated rings. The number of nitrogens with two attached hydrogens (primary N) is 2. The SMILES string of the molecule is CC(N)c1ccc2c(N)c(CN[C@H]3CCc4cc(N5C[C@H]6CC[C@@H](C5)N6C(=O)OC(C)(C)C)ccc4C3)sc2n1. The van der Waals surface area contributed by atoms with Crippen LogP contribution in [-0.2, 0) is 24.1 Å². The second kappa shape index (κ2) is 10.5. The van der Waals surface area contributed by atoms with Gasteiger partial charge in [-0.05, 0) is 95.2 Å². The van der Waals surface area contributed by atoms with Gasteiger partial charge in [-0.15, -0.1) is 11.3 Å². The number of nitrogens with zero attached hydrogens (tertiary/aromatic N) is 3. The van der Waals surface area contributed by atoms with E-state index in [9.17, 15) is 4.79 Å². The third-order valence-corrected chi connectivity index (χ3v) is 9.70. The molecule has 4 heterocycles. The van der Waals surface area contributed by atoms with Crippen LogP contribution in [0.1, 0.15) is 74.7 Å². The Hall–Kier alpha value is -2.88. The van der Waals surface area contributed by atoms with Gasteiger partial charge in [-0.2, -0.15) is 0 Å². The lowest BCUT2D eigenvalue weighted by molar-refractivity contribution is 0.0123. The third-order valence-electron chi connectivity index (χ3n) is 8.58. The average Bonchev–Trinajstić information content (AvgIpc) is 3.37. The molecule has 1 unspecified atom stereocenters. The maximum absolute atomic E-state index is 12.9. The van der Waals surface area contributed by atoms with E-state index in [-0.39, 0.29) is 24.2 Å². The predicted molar refractivity (Wildman–Crippen MR) is 163 cm³/mol. The van der Waals surface area contributed by atoms with Crippen molar-refractivity contribution in [2.45, 2.75) is 96.1 Å². The van der Waals surface area contributed by atoms with Gasteiger partial charge in [-0.25, -0.2) is 9.78 Å². The summed E-state index contributed by atoms with van der Waals surface area (Å²) in [6, 6.07) is 11.8. The molecule has 6 rings (SSSR count). The number of amides is 1. The van der Waals surface area contributed by atoms with E-state index in [4.69, 9.17) is 21.2 Å². The van der Waals surface area contributed by atoms with Gasteiger partial charge in [-0.1, -0.05) is 6.07 Å². The van der Waals surface area contributed by atoms with E-state index in [1.165, 1.54) is 16.8 Å². The molecular formula is C31H42N6O2S. The molecule has 2 aromatic heterocycles. The Morgan fingerprint density at radius 2 is 1.90 bits per heavy atom. The second-order valence-electron chi connectivity index (χ2n) is 12.8. The maximum Gasteiger partial charge on any atom is 0.410 e. The van der Waals surface area contributed by atoms with E-state index in [2.05, 4.69) is 28.4 Å². The fourth-order valence-electron chi connectivity index (χ4n) is 6.52. The predicted octanol–water partition coefficient (Wildman–Crippen LogP) is 5.13. The van der Waals surface area contributed by atoms with Gasteiger partial charge in [0.2, 0.25) is 0 Å². The Balaban J connectivity index is 1.08. The minimum Gasteiger partial charge on any atom is -0.444 e. The first-order valence-corrected chi connectivity index (χ1v) is 15.4. The van der Waals surface area contributed by atoms with E-state index >= 15 is 0 Å². The molecule has 2 aliphatic heterocycles. The van der Waals surface area contributed by atoms with Crippen molar-refractivity contribution in [1.82, 2.24) is 15.2 Å². The van der Waals surface area contributed by atoms with E-state index in [1.807, 2.05) is 44.7 Å². The summed E-state index contributed by atoms with van der Waals surface area (Å²) in [5.74, 6) is 0. The van der Waals surface area contributed by atoms with Gasteiger partial charge in [0, 0.05) is 47.7 Å². The van der Waals surface area contributed by atoms with Crippen LogP contribution < -0.4 is 21.7 Å². The molecule has 40 heavy (non-hydrogen) atoms. The standard InChI is InChI=1S/C31H42N6O2S/c1-18(32)26-12-11-25-28(33)27(40-29(25)35-26)15-34-21-7-5-20-14-22(8-6-19(20)13-21)36-16-23-9-10-24(17-36)37(23)30(38)39-31(2,3)4/h6,8,11-12,14,18,21,23-24,34H,5,7,9-10,13,15-17,32-33H2,1-4H3/t18?,21-,23-,24+/m0/s1. The van der Waals surface area contributed by atoms with Crippen LogP contribution in [0.15, 0.2) is 30.3 Å². The Morgan fingerprint density at radius 1 is 1.15 bits per heavy atom. The average molecular weight is 563 g/mol. The van der Waals surface area contributed by atoms with Crippen LogP contribution in [-0.4, -0.2) is 52.8 Å². The molecule has 4 atom stereocenters. The summed E-state index contributed by atoms with van der Waals surface area (Å²) in [4.78, 5) is 24.2. The zero-order chi connectivity index (χ0) is 28.2. The maximum atomic E-state index is 12.9. The van der Waals surface area contributed by atoms with Crippen molar-refractivity contribution in [3.05, 3.63) is 52.0 Å². The van der Waals surface area contributed by atoms with Gasteiger partial charge in [0.25, 0.3) is 0 Å². The first-order chi connectivity index (χ1) is 19.1. The van der Waals surface area contributed by atoms with E-state index < -0.39 is 5.60 Å². The van der Waals surface area contributed by atoms with E-state index in [0.717, 1.165) is 78.2 Å². The van der Waals surface area contributed by atoms with Crippen molar-refractivity contribution in [2.75, 3.05) is 23.7 Å². The normalized spacial score (nSPS) is 23.4. The number of carbonyl (C=O) groups is 1. The zero-order valence-corrected chi connectivity index (χ0v) is 24.9. The lowest BCUT2D eigenvalue weighted by Gasteiger charge is -2.42. The molecule has 1 amide bonds. The largest absolute Gasteiger partial charge is 0.444 e. The molecule has 3 aromatic rings.